The van der Waals surface area contributed by atoms with Gasteiger partial charge in [-0.15, -0.1) is 0 Å². The van der Waals surface area contributed by atoms with E-state index in [-0.39, 0.29) is 6.61 Å². The number of hydrogen-bond acceptors (Lipinski definition) is 3. The van der Waals surface area contributed by atoms with Gasteiger partial charge in [-0.05, 0) is 30.7 Å². The summed E-state index contributed by atoms with van der Waals surface area (Å²) in [5, 5.41) is 13.1. The molecule has 1 N–H and O–H groups in total. The van der Waals surface area contributed by atoms with Gasteiger partial charge in [0.25, 0.3) is 0 Å². The highest BCUT2D eigenvalue weighted by molar-refractivity contribution is 6.30. The Bertz CT molecular complexity index is 405. The Balaban J connectivity index is 3.15. The molecule has 0 saturated carbocycles. The monoisotopic (exact) mass is 241 g/mol. The van der Waals surface area contributed by atoms with Crippen LogP contribution in [0.5, 0.6) is 5.75 Å². The van der Waals surface area contributed by atoms with Crippen LogP contribution < -0.4 is 4.74 Å². The van der Waals surface area contributed by atoms with Crippen LogP contribution in [0.1, 0.15) is 18.5 Å². The summed E-state index contributed by atoms with van der Waals surface area (Å²) in [5.41, 5.74) is 8.98. The molecule has 1 unspecified atom stereocenters. The van der Waals surface area contributed by atoms with Gasteiger partial charge in [-0.3, -0.25) is 0 Å². The topological polar surface area (TPSA) is 78.2 Å². The highest BCUT2D eigenvalue weighted by atomic mass is 35.5. The molecule has 86 valence electrons. The van der Waals surface area contributed by atoms with Crippen LogP contribution in [-0.4, -0.2) is 18.3 Å². The molecule has 1 rings (SSSR count). The average Bonchev–Trinajstić information content (AvgIpc) is 2.29. The van der Waals surface area contributed by atoms with Crippen LogP contribution in [0.15, 0.2) is 23.3 Å². The molecule has 0 spiro atoms. The zero-order chi connectivity index (χ0) is 12.0. The van der Waals surface area contributed by atoms with Crippen LogP contribution in [0.2, 0.25) is 5.02 Å². The number of ether oxygens (including phenoxy) is 1. The Hall–Kier alpha value is -1.42. The summed E-state index contributed by atoms with van der Waals surface area (Å²) in [5.74, 6) is 0.568. The van der Waals surface area contributed by atoms with Crippen LogP contribution >= 0.6 is 11.6 Å². The van der Waals surface area contributed by atoms with E-state index in [1.54, 1.807) is 18.2 Å². The van der Waals surface area contributed by atoms with Crippen molar-refractivity contribution in [2.75, 3.05) is 13.2 Å². The van der Waals surface area contributed by atoms with Crippen LogP contribution in [0.4, 0.5) is 0 Å². The number of rotatable bonds is 5. The van der Waals surface area contributed by atoms with E-state index >= 15 is 0 Å². The van der Waals surface area contributed by atoms with Gasteiger partial charge in [0.1, 0.15) is 5.75 Å². The summed E-state index contributed by atoms with van der Waals surface area (Å²) in [4.78, 5) is 2.68. The summed E-state index contributed by atoms with van der Waals surface area (Å²) in [6.07, 6.45) is 0. The molecule has 6 heteroatoms. The Kier molecular flexibility index (Phi) is 4.92. The zero-order valence-corrected chi connectivity index (χ0v) is 9.55. The van der Waals surface area contributed by atoms with Gasteiger partial charge < -0.3 is 9.84 Å². The highest BCUT2D eigenvalue weighted by Crippen LogP contribution is 2.30. The van der Waals surface area contributed by atoms with E-state index in [0.717, 1.165) is 0 Å². The van der Waals surface area contributed by atoms with E-state index in [2.05, 4.69) is 10.0 Å². The Labute approximate surface area is 98.2 Å². The van der Waals surface area contributed by atoms with Crippen LogP contribution in [0.3, 0.4) is 0 Å². The number of benzene rings is 1. The normalized spacial score (nSPS) is 11.7. The molecule has 0 aliphatic heterocycles. The third-order valence-electron chi connectivity index (χ3n) is 1.99. The van der Waals surface area contributed by atoms with Crippen LogP contribution in [-0.2, 0) is 0 Å². The Morgan fingerprint density at radius 1 is 1.62 bits per heavy atom. The molecule has 16 heavy (non-hydrogen) atoms. The van der Waals surface area contributed by atoms with Crippen molar-refractivity contribution in [1.82, 2.24) is 0 Å². The Morgan fingerprint density at radius 3 is 2.94 bits per heavy atom. The fourth-order valence-electron chi connectivity index (χ4n) is 1.33. The quantitative estimate of drug-likeness (QED) is 0.488. The van der Waals surface area contributed by atoms with Gasteiger partial charge in [0.15, 0.2) is 0 Å². The summed E-state index contributed by atoms with van der Waals surface area (Å²) in [6, 6.07) is 4.32. The lowest BCUT2D eigenvalue weighted by molar-refractivity contribution is 0.261. The molecule has 1 atom stereocenters. The van der Waals surface area contributed by atoms with Crippen molar-refractivity contribution in [3.8, 4) is 5.75 Å². The fraction of sp³-hybridized carbons (Fsp3) is 0.400. The number of azide groups is 1. The van der Waals surface area contributed by atoms with Gasteiger partial charge in [0.05, 0.1) is 19.3 Å². The highest BCUT2D eigenvalue weighted by Gasteiger charge is 2.14. The molecule has 0 aliphatic rings. The predicted molar refractivity (Wildman–Crippen MR) is 61.6 cm³/mol. The molecular formula is C10H12ClN3O2. The minimum absolute atomic E-state index is 0.287. The number of nitrogens with zero attached hydrogens (tertiary/aromatic N) is 3. The van der Waals surface area contributed by atoms with Crippen molar-refractivity contribution in [2.45, 2.75) is 13.0 Å². The molecule has 0 heterocycles. The summed E-state index contributed by atoms with van der Waals surface area (Å²) in [6.45, 7) is 2.05. The first-order chi connectivity index (χ1) is 7.72. The van der Waals surface area contributed by atoms with Gasteiger partial charge in [-0.25, -0.2) is 0 Å². The average molecular weight is 242 g/mol. The number of aliphatic hydroxyl groups excluding tert-OH is 1. The predicted octanol–water partition coefficient (Wildman–Crippen LogP) is 3.08. The van der Waals surface area contributed by atoms with E-state index < -0.39 is 6.04 Å². The lowest BCUT2D eigenvalue weighted by atomic mass is 10.1. The van der Waals surface area contributed by atoms with E-state index in [1.807, 2.05) is 6.92 Å². The van der Waals surface area contributed by atoms with Crippen molar-refractivity contribution in [3.63, 3.8) is 0 Å². The third kappa shape index (κ3) is 3.03. The second-order valence-corrected chi connectivity index (χ2v) is 3.45. The van der Waals surface area contributed by atoms with E-state index in [1.165, 1.54) is 0 Å². The molecule has 5 nitrogen and oxygen atoms in total. The second kappa shape index (κ2) is 6.23. The standard InChI is InChI=1S/C10H12ClN3O2/c1-2-16-10-4-3-7(11)5-8(10)9(6-15)13-14-12/h3-5,9,15H,2,6H2,1H3. The first-order valence-corrected chi connectivity index (χ1v) is 5.18. The molecular weight excluding hydrogens is 230 g/mol. The van der Waals surface area contributed by atoms with Crippen molar-refractivity contribution in [1.29, 1.82) is 0 Å². The number of aliphatic hydroxyl groups is 1. The van der Waals surface area contributed by atoms with Crippen molar-refractivity contribution in [3.05, 3.63) is 39.2 Å². The van der Waals surface area contributed by atoms with Gasteiger partial charge >= 0.3 is 0 Å². The van der Waals surface area contributed by atoms with Crippen LogP contribution in [0, 0.1) is 0 Å². The SMILES string of the molecule is CCOc1ccc(Cl)cc1C(CO)N=[N+]=[N-]. The summed E-state index contributed by atoms with van der Waals surface area (Å²) >= 11 is 5.85. The molecule has 1 aromatic rings. The molecule has 0 amide bonds. The van der Waals surface area contributed by atoms with E-state index in [9.17, 15) is 0 Å². The first-order valence-electron chi connectivity index (χ1n) is 4.80. The molecule has 0 bridgehead atoms. The minimum Gasteiger partial charge on any atom is -0.494 e. The maximum absolute atomic E-state index is 9.13. The van der Waals surface area contributed by atoms with Gasteiger partial charge in [-0.1, -0.05) is 16.7 Å². The smallest absolute Gasteiger partial charge is 0.123 e. The zero-order valence-electron chi connectivity index (χ0n) is 8.80. The van der Waals surface area contributed by atoms with Gasteiger partial charge in [0.2, 0.25) is 0 Å². The molecule has 0 fully saturated rings. The lowest BCUT2D eigenvalue weighted by Crippen LogP contribution is -2.04. The van der Waals surface area contributed by atoms with E-state index in [0.29, 0.717) is 22.9 Å². The van der Waals surface area contributed by atoms with Gasteiger partial charge in [0, 0.05) is 15.5 Å². The second-order valence-electron chi connectivity index (χ2n) is 3.02. The van der Waals surface area contributed by atoms with Crippen molar-refractivity contribution < 1.29 is 9.84 Å². The Morgan fingerprint density at radius 2 is 2.38 bits per heavy atom. The lowest BCUT2D eigenvalue weighted by Gasteiger charge is -2.14. The van der Waals surface area contributed by atoms with Crippen molar-refractivity contribution in [2.24, 2.45) is 5.11 Å². The molecule has 1 aromatic carbocycles. The fourth-order valence-corrected chi connectivity index (χ4v) is 1.51. The van der Waals surface area contributed by atoms with E-state index in [4.69, 9.17) is 27.0 Å². The molecule has 0 saturated heterocycles. The maximum Gasteiger partial charge on any atom is 0.123 e. The third-order valence-corrected chi connectivity index (χ3v) is 2.23. The minimum atomic E-state index is -0.676. The number of hydrogen-bond donors (Lipinski definition) is 1. The summed E-state index contributed by atoms with van der Waals surface area (Å²) < 4.78 is 5.37. The summed E-state index contributed by atoms with van der Waals surface area (Å²) in [7, 11) is 0. The largest absolute Gasteiger partial charge is 0.494 e. The first kappa shape index (κ1) is 12.6. The molecule has 0 aromatic heterocycles. The van der Waals surface area contributed by atoms with Gasteiger partial charge in [-0.2, -0.15) is 0 Å². The van der Waals surface area contributed by atoms with Crippen molar-refractivity contribution >= 4 is 11.6 Å². The molecule has 0 radical (unpaired) electrons. The molecule has 0 aliphatic carbocycles. The maximum atomic E-state index is 9.13. The number of halogens is 1. The van der Waals surface area contributed by atoms with Crippen LogP contribution in [0.25, 0.3) is 10.4 Å².